The molecule has 168 valence electrons. The number of carbonyl (C=O) groups is 1. The maximum atomic E-state index is 13.1. The van der Waals surface area contributed by atoms with E-state index in [-0.39, 0.29) is 6.42 Å². The summed E-state index contributed by atoms with van der Waals surface area (Å²) in [6.07, 6.45) is 0.220. The maximum absolute atomic E-state index is 13.1. The van der Waals surface area contributed by atoms with Crippen molar-refractivity contribution in [3.8, 4) is 23.3 Å². The normalized spacial score (nSPS) is 19.1. The largest absolute Gasteiger partial charge is 0.494 e. The number of carbonyl (C=O) groups excluding carboxylic acids is 1. The van der Waals surface area contributed by atoms with Crippen molar-refractivity contribution in [2.45, 2.75) is 29.2 Å². The third kappa shape index (κ3) is 4.78. The van der Waals surface area contributed by atoms with Gasteiger partial charge in [-0.3, -0.25) is 4.79 Å². The van der Waals surface area contributed by atoms with Gasteiger partial charge >= 0.3 is 5.97 Å². The highest BCUT2D eigenvalue weighted by Gasteiger charge is 2.71. The minimum Gasteiger partial charge on any atom is -0.494 e. The van der Waals surface area contributed by atoms with Gasteiger partial charge in [-0.25, -0.2) is 0 Å². The van der Waals surface area contributed by atoms with Crippen molar-refractivity contribution in [3.63, 3.8) is 0 Å². The van der Waals surface area contributed by atoms with E-state index in [0.717, 1.165) is 0 Å². The first-order chi connectivity index (χ1) is 15.9. The third-order valence-corrected chi connectivity index (χ3v) is 6.26. The lowest BCUT2D eigenvalue weighted by Gasteiger charge is -2.22. The van der Waals surface area contributed by atoms with E-state index in [0.29, 0.717) is 35.0 Å². The number of nitriles is 1. The first kappa shape index (κ1) is 23.0. The molecule has 33 heavy (non-hydrogen) atoms. The van der Waals surface area contributed by atoms with Crippen LogP contribution < -0.4 is 9.47 Å². The first-order valence-corrected chi connectivity index (χ1v) is 11.2. The molecule has 3 aromatic carbocycles. The molecule has 1 aliphatic rings. The Morgan fingerprint density at radius 2 is 1.67 bits per heavy atom. The lowest BCUT2D eigenvalue weighted by Crippen LogP contribution is -2.27. The van der Waals surface area contributed by atoms with Crippen LogP contribution >= 0.6 is 23.2 Å². The van der Waals surface area contributed by atoms with Gasteiger partial charge in [0.1, 0.15) is 17.2 Å². The van der Waals surface area contributed by atoms with Crippen LogP contribution in [0.1, 0.15) is 30.4 Å². The minimum atomic E-state index is -1.28. The van der Waals surface area contributed by atoms with Crippen molar-refractivity contribution in [2.75, 3.05) is 6.61 Å². The summed E-state index contributed by atoms with van der Waals surface area (Å²) < 4.78 is 15.8. The molecule has 7 heteroatoms. The molecule has 0 spiro atoms. The van der Waals surface area contributed by atoms with E-state index in [1.807, 2.05) is 43.3 Å². The van der Waals surface area contributed by atoms with Gasteiger partial charge in [0, 0.05) is 6.42 Å². The minimum absolute atomic E-state index is 0.220. The van der Waals surface area contributed by atoms with Crippen LogP contribution in [0.2, 0.25) is 0 Å². The molecular formula is C26H21Cl2NO4. The Bertz CT molecular complexity index is 1170. The molecule has 0 heterocycles. The smallest absolute Gasteiger partial charge is 0.328 e. The van der Waals surface area contributed by atoms with Crippen LogP contribution in [-0.4, -0.2) is 16.9 Å². The number of rotatable bonds is 8. The molecule has 1 saturated carbocycles. The van der Waals surface area contributed by atoms with Gasteiger partial charge < -0.3 is 14.2 Å². The molecule has 3 aromatic rings. The molecule has 0 aromatic heterocycles. The number of benzene rings is 3. The Morgan fingerprint density at radius 3 is 2.27 bits per heavy atom. The van der Waals surface area contributed by atoms with Crippen molar-refractivity contribution >= 4 is 29.2 Å². The second-order valence-electron chi connectivity index (χ2n) is 7.64. The second kappa shape index (κ2) is 9.35. The quantitative estimate of drug-likeness (QED) is 0.271. The Morgan fingerprint density at radius 1 is 1.00 bits per heavy atom. The molecule has 0 bridgehead atoms. The van der Waals surface area contributed by atoms with E-state index in [2.05, 4.69) is 0 Å². The molecule has 0 amide bonds. The van der Waals surface area contributed by atoms with Crippen LogP contribution in [0.15, 0.2) is 78.9 Å². The molecule has 5 nitrogen and oxygen atoms in total. The summed E-state index contributed by atoms with van der Waals surface area (Å²) in [4.78, 5) is 13.1. The summed E-state index contributed by atoms with van der Waals surface area (Å²) in [5.74, 6) is -0.0704. The zero-order chi connectivity index (χ0) is 23.5. The zero-order valence-electron chi connectivity index (χ0n) is 17.8. The van der Waals surface area contributed by atoms with Gasteiger partial charge in [-0.1, -0.05) is 65.7 Å². The highest BCUT2D eigenvalue weighted by molar-refractivity contribution is 6.52. The van der Waals surface area contributed by atoms with Crippen molar-refractivity contribution < 1.29 is 19.0 Å². The third-order valence-electron chi connectivity index (χ3n) is 5.38. The molecule has 0 unspecified atom stereocenters. The average Bonchev–Trinajstić information content (AvgIpc) is 3.36. The Balaban J connectivity index is 1.55. The number of hydrogen-bond acceptors (Lipinski definition) is 5. The van der Waals surface area contributed by atoms with Gasteiger partial charge in [-0.15, -0.1) is 0 Å². The summed E-state index contributed by atoms with van der Waals surface area (Å²) in [5, 5.41) is 9.77. The van der Waals surface area contributed by atoms with Crippen LogP contribution in [0.4, 0.5) is 0 Å². The lowest BCUT2D eigenvalue weighted by atomic mass is 10.00. The summed E-state index contributed by atoms with van der Waals surface area (Å²) in [7, 11) is 0. The van der Waals surface area contributed by atoms with Crippen molar-refractivity contribution in [2.24, 2.45) is 0 Å². The zero-order valence-corrected chi connectivity index (χ0v) is 19.3. The molecule has 2 atom stereocenters. The van der Waals surface area contributed by atoms with Gasteiger partial charge in [-0.2, -0.15) is 5.26 Å². The van der Waals surface area contributed by atoms with Crippen LogP contribution in [0.3, 0.4) is 0 Å². The number of ether oxygens (including phenoxy) is 3. The van der Waals surface area contributed by atoms with E-state index < -0.39 is 21.8 Å². The standard InChI is InChI=1S/C26H21Cl2NO4/c1-2-31-20-13-11-19(12-14-20)25(17-26(25,27)28)33-24(30)23(16-29)18-7-6-10-22(15-18)32-21-8-4-3-5-9-21/h3-15,23H,2,17H2,1H3/t23-,25+/m1/s1. The number of esters is 1. The summed E-state index contributed by atoms with van der Waals surface area (Å²) in [6, 6.07) is 25.1. The predicted octanol–water partition coefficient (Wildman–Crippen LogP) is 6.50. The van der Waals surface area contributed by atoms with Crippen molar-refractivity contribution in [1.82, 2.24) is 0 Å². The Kier molecular flexibility index (Phi) is 6.51. The molecule has 0 radical (unpaired) electrons. The summed E-state index contributed by atoms with van der Waals surface area (Å²) in [6.45, 7) is 2.42. The number of nitrogens with zero attached hydrogens (tertiary/aromatic N) is 1. The lowest BCUT2D eigenvalue weighted by molar-refractivity contribution is -0.152. The fourth-order valence-electron chi connectivity index (χ4n) is 3.61. The molecule has 4 rings (SSSR count). The van der Waals surface area contributed by atoms with Crippen LogP contribution in [-0.2, 0) is 15.1 Å². The number of halogens is 2. The fraction of sp³-hybridized carbons (Fsp3) is 0.231. The van der Waals surface area contributed by atoms with E-state index >= 15 is 0 Å². The van der Waals surface area contributed by atoms with Gasteiger partial charge in [0.15, 0.2) is 15.9 Å². The highest BCUT2D eigenvalue weighted by atomic mass is 35.5. The SMILES string of the molecule is CCOc1ccc([C@@]2(OC(=O)[C@H](C#N)c3cccc(Oc4ccccc4)c3)CC2(Cl)Cl)cc1. The van der Waals surface area contributed by atoms with Crippen LogP contribution in [0.25, 0.3) is 0 Å². The van der Waals surface area contributed by atoms with E-state index in [1.165, 1.54) is 0 Å². The van der Waals surface area contributed by atoms with Gasteiger partial charge in [0.25, 0.3) is 0 Å². The van der Waals surface area contributed by atoms with Gasteiger partial charge in [0.05, 0.1) is 12.7 Å². The average molecular weight is 482 g/mol. The Hall–Kier alpha value is -3.20. The molecule has 0 saturated heterocycles. The highest BCUT2D eigenvalue weighted by Crippen LogP contribution is 2.65. The summed E-state index contributed by atoms with van der Waals surface area (Å²) >= 11 is 12.8. The maximum Gasteiger partial charge on any atom is 0.328 e. The molecule has 0 N–H and O–H groups in total. The van der Waals surface area contributed by atoms with E-state index in [1.54, 1.807) is 48.5 Å². The Labute approximate surface area is 202 Å². The van der Waals surface area contributed by atoms with Crippen molar-refractivity contribution in [3.05, 3.63) is 90.0 Å². The van der Waals surface area contributed by atoms with E-state index in [4.69, 9.17) is 37.4 Å². The molecular weight excluding hydrogens is 461 g/mol. The number of hydrogen-bond donors (Lipinski definition) is 0. The predicted molar refractivity (Wildman–Crippen MR) is 126 cm³/mol. The molecule has 1 fully saturated rings. The van der Waals surface area contributed by atoms with Gasteiger partial charge in [0.2, 0.25) is 0 Å². The monoisotopic (exact) mass is 481 g/mol. The second-order valence-corrected chi connectivity index (χ2v) is 9.12. The number of para-hydroxylation sites is 1. The topological polar surface area (TPSA) is 68.5 Å². The number of alkyl halides is 2. The van der Waals surface area contributed by atoms with Crippen LogP contribution in [0, 0.1) is 11.3 Å². The molecule has 0 aliphatic heterocycles. The fourth-order valence-corrected chi connectivity index (χ4v) is 4.29. The van der Waals surface area contributed by atoms with Gasteiger partial charge in [-0.05, 0) is 54.4 Å². The summed E-state index contributed by atoms with van der Waals surface area (Å²) in [5.41, 5.74) is -0.138. The molecule has 1 aliphatic carbocycles. The van der Waals surface area contributed by atoms with E-state index in [9.17, 15) is 10.1 Å². The van der Waals surface area contributed by atoms with Crippen LogP contribution in [0.5, 0.6) is 17.2 Å². The van der Waals surface area contributed by atoms with Crippen molar-refractivity contribution in [1.29, 1.82) is 5.26 Å². The first-order valence-electron chi connectivity index (χ1n) is 10.4.